The lowest BCUT2D eigenvalue weighted by atomic mass is 10.2. The zero-order valence-electron chi connectivity index (χ0n) is 7.53. The first-order valence-corrected chi connectivity index (χ1v) is 3.51. The van der Waals surface area contributed by atoms with Crippen molar-refractivity contribution in [2.75, 3.05) is 0 Å². The fourth-order valence-corrected chi connectivity index (χ4v) is 0.448. The maximum Gasteiger partial charge on any atom is 0.411 e. The molecule has 0 spiro atoms. The second-order valence-electron chi connectivity index (χ2n) is 3.33. The van der Waals surface area contributed by atoms with Crippen LogP contribution in [0.4, 0.5) is 18.0 Å². The van der Waals surface area contributed by atoms with Crippen molar-refractivity contribution in [2.24, 2.45) is 0 Å². The Bertz CT molecular complexity index is 183. The molecule has 0 unspecified atom stereocenters. The quantitative estimate of drug-likeness (QED) is 0.701. The number of nitrogens with one attached hydrogen (secondary N) is 1. The van der Waals surface area contributed by atoms with Crippen molar-refractivity contribution < 1.29 is 22.7 Å². The minimum atomic E-state index is -4.53. The Morgan fingerprint density at radius 3 is 2.08 bits per heavy atom. The molecule has 1 radical (unpaired) electrons. The third-order valence-electron chi connectivity index (χ3n) is 0.753. The number of ether oxygens (including phenoxy) is 1. The zero-order chi connectivity index (χ0) is 10.7. The lowest BCUT2D eigenvalue weighted by Gasteiger charge is -2.19. The molecule has 0 aromatic rings. The molecule has 0 atom stereocenters. The van der Waals surface area contributed by atoms with E-state index in [1.165, 1.54) is 5.32 Å². The second kappa shape index (κ2) is 3.85. The molecule has 0 heterocycles. The Labute approximate surface area is 74.3 Å². The summed E-state index contributed by atoms with van der Waals surface area (Å²) < 4.78 is 39.1. The summed E-state index contributed by atoms with van der Waals surface area (Å²) in [7, 11) is 0. The average molecular weight is 198 g/mol. The molecule has 77 valence electrons. The van der Waals surface area contributed by atoms with Crippen LogP contribution in [0.25, 0.3) is 0 Å². The van der Waals surface area contributed by atoms with Crippen molar-refractivity contribution in [3.63, 3.8) is 0 Å². The van der Waals surface area contributed by atoms with Crippen LogP contribution in [0.5, 0.6) is 0 Å². The number of halogens is 3. The standard InChI is InChI=1S/C7H11F3NO2/c1-6(2,3)13-5(12)11-4-7(8,9)10/h4H,1-3H3,(H,11,12). The molecule has 6 heteroatoms. The summed E-state index contributed by atoms with van der Waals surface area (Å²) >= 11 is 0. The Morgan fingerprint density at radius 2 is 1.77 bits per heavy atom. The van der Waals surface area contributed by atoms with Crippen LogP contribution in [0, 0.1) is 6.54 Å². The highest BCUT2D eigenvalue weighted by Crippen LogP contribution is 2.16. The molecular formula is C7H11F3NO2. The van der Waals surface area contributed by atoms with E-state index in [4.69, 9.17) is 0 Å². The number of alkyl halides is 3. The molecular weight excluding hydrogens is 187 g/mol. The monoisotopic (exact) mass is 198 g/mol. The summed E-state index contributed by atoms with van der Waals surface area (Å²) in [5, 5.41) is 1.47. The van der Waals surface area contributed by atoms with Crippen LogP contribution in [-0.4, -0.2) is 17.9 Å². The molecule has 0 bridgehead atoms. The second-order valence-corrected chi connectivity index (χ2v) is 3.33. The van der Waals surface area contributed by atoms with E-state index >= 15 is 0 Å². The molecule has 1 amide bonds. The molecule has 0 aliphatic rings. The normalized spacial score (nSPS) is 12.5. The van der Waals surface area contributed by atoms with Crippen molar-refractivity contribution in [2.45, 2.75) is 32.5 Å². The van der Waals surface area contributed by atoms with E-state index in [1.807, 2.05) is 0 Å². The number of alkyl carbamates (subject to hydrolysis) is 1. The van der Waals surface area contributed by atoms with Gasteiger partial charge in [0.05, 0.1) is 0 Å². The van der Waals surface area contributed by atoms with E-state index in [1.54, 1.807) is 20.8 Å². The summed E-state index contributed by atoms with van der Waals surface area (Å²) in [5.74, 6) is 0. The van der Waals surface area contributed by atoms with Gasteiger partial charge in [-0.3, -0.25) is 0 Å². The molecule has 0 aliphatic carbocycles. The van der Waals surface area contributed by atoms with Gasteiger partial charge in [0.1, 0.15) is 5.60 Å². The van der Waals surface area contributed by atoms with Crippen molar-refractivity contribution in [1.29, 1.82) is 0 Å². The average Bonchev–Trinajstić information content (AvgIpc) is 1.78. The Hall–Kier alpha value is -0.940. The topological polar surface area (TPSA) is 38.3 Å². The lowest BCUT2D eigenvalue weighted by Crippen LogP contribution is -2.34. The van der Waals surface area contributed by atoms with Gasteiger partial charge in [-0.05, 0) is 20.8 Å². The number of hydrogen-bond donors (Lipinski definition) is 1. The van der Waals surface area contributed by atoms with Gasteiger partial charge in [0.15, 0.2) is 6.54 Å². The van der Waals surface area contributed by atoms with E-state index < -0.39 is 17.9 Å². The molecule has 13 heavy (non-hydrogen) atoms. The molecule has 3 nitrogen and oxygen atoms in total. The van der Waals surface area contributed by atoms with Gasteiger partial charge in [-0.1, -0.05) is 0 Å². The molecule has 0 saturated heterocycles. The van der Waals surface area contributed by atoms with E-state index in [-0.39, 0.29) is 6.54 Å². The van der Waals surface area contributed by atoms with E-state index in [0.717, 1.165) is 0 Å². The lowest BCUT2D eigenvalue weighted by molar-refractivity contribution is -0.101. The summed E-state index contributed by atoms with van der Waals surface area (Å²) in [6, 6.07) is 0. The molecule has 0 aromatic carbocycles. The molecule has 0 saturated carbocycles. The molecule has 0 aromatic heterocycles. The molecule has 0 fully saturated rings. The van der Waals surface area contributed by atoms with Gasteiger partial charge in [-0.15, -0.1) is 0 Å². The van der Waals surface area contributed by atoms with Crippen LogP contribution >= 0.6 is 0 Å². The van der Waals surface area contributed by atoms with Gasteiger partial charge in [0, 0.05) is 0 Å². The summed E-state index contributed by atoms with van der Waals surface area (Å²) in [6.07, 6.45) is -5.65. The summed E-state index contributed by atoms with van der Waals surface area (Å²) in [4.78, 5) is 10.6. The first-order valence-electron chi connectivity index (χ1n) is 3.51. The fraction of sp³-hybridized carbons (Fsp3) is 0.714. The van der Waals surface area contributed by atoms with Gasteiger partial charge in [0.25, 0.3) is 0 Å². The largest absolute Gasteiger partial charge is 0.444 e. The van der Waals surface area contributed by atoms with E-state index in [2.05, 4.69) is 4.74 Å². The number of amides is 1. The van der Waals surface area contributed by atoms with E-state index in [0.29, 0.717) is 0 Å². The summed E-state index contributed by atoms with van der Waals surface area (Å²) in [5.41, 5.74) is -0.802. The predicted octanol–water partition coefficient (Wildman–Crippen LogP) is 2.24. The third kappa shape index (κ3) is 8.97. The van der Waals surface area contributed by atoms with Crippen LogP contribution in [0.1, 0.15) is 20.8 Å². The highest BCUT2D eigenvalue weighted by Gasteiger charge is 2.29. The van der Waals surface area contributed by atoms with Crippen LogP contribution < -0.4 is 5.32 Å². The first kappa shape index (κ1) is 12.1. The van der Waals surface area contributed by atoms with Crippen LogP contribution in [0.2, 0.25) is 0 Å². The minimum Gasteiger partial charge on any atom is -0.444 e. The maximum absolute atomic E-state index is 11.5. The molecule has 1 N–H and O–H groups in total. The van der Waals surface area contributed by atoms with Crippen LogP contribution in [0.3, 0.4) is 0 Å². The first-order chi connectivity index (χ1) is 5.60. The Balaban J connectivity index is 3.78. The van der Waals surface area contributed by atoms with Crippen molar-refractivity contribution >= 4 is 6.09 Å². The van der Waals surface area contributed by atoms with Crippen LogP contribution in [0.15, 0.2) is 0 Å². The third-order valence-corrected chi connectivity index (χ3v) is 0.753. The van der Waals surface area contributed by atoms with Gasteiger partial charge in [-0.25, -0.2) is 4.79 Å². The molecule has 0 rings (SSSR count). The van der Waals surface area contributed by atoms with Crippen molar-refractivity contribution in [1.82, 2.24) is 5.32 Å². The smallest absolute Gasteiger partial charge is 0.411 e. The number of carbonyl (C=O) groups is 1. The minimum absolute atomic E-state index is 0.277. The van der Waals surface area contributed by atoms with Gasteiger partial charge in [-0.2, -0.15) is 13.2 Å². The maximum atomic E-state index is 11.5. The van der Waals surface area contributed by atoms with Gasteiger partial charge in [0.2, 0.25) is 0 Å². The fourth-order valence-electron chi connectivity index (χ4n) is 0.448. The predicted molar refractivity (Wildman–Crippen MR) is 39.7 cm³/mol. The van der Waals surface area contributed by atoms with Crippen molar-refractivity contribution in [3.05, 3.63) is 6.54 Å². The Kier molecular flexibility index (Phi) is 3.57. The van der Waals surface area contributed by atoms with Crippen molar-refractivity contribution in [3.8, 4) is 0 Å². The van der Waals surface area contributed by atoms with E-state index in [9.17, 15) is 18.0 Å². The van der Waals surface area contributed by atoms with Crippen LogP contribution in [-0.2, 0) is 4.74 Å². The molecule has 0 aliphatic heterocycles. The number of carbonyl (C=O) groups excluding carboxylic acids is 1. The zero-order valence-corrected chi connectivity index (χ0v) is 7.53. The van der Waals surface area contributed by atoms with Gasteiger partial charge >= 0.3 is 12.3 Å². The highest BCUT2D eigenvalue weighted by molar-refractivity contribution is 5.68. The number of hydrogen-bond acceptors (Lipinski definition) is 2. The van der Waals surface area contributed by atoms with Gasteiger partial charge < -0.3 is 10.1 Å². The highest BCUT2D eigenvalue weighted by atomic mass is 19.4. The Morgan fingerprint density at radius 1 is 1.31 bits per heavy atom. The number of rotatable bonds is 1. The summed E-state index contributed by atoms with van der Waals surface area (Å²) in [6.45, 7) is 4.39. The SMILES string of the molecule is CC(C)(C)OC(=O)N[CH]C(F)(F)F.